The maximum Gasteiger partial charge on any atom is 0.165 e. The van der Waals surface area contributed by atoms with Gasteiger partial charge in [0.15, 0.2) is 11.6 Å². The molecule has 0 heterocycles. The largest absolute Gasteiger partial charge is 0.206 e. The molecule has 1 aromatic rings. The zero-order valence-electron chi connectivity index (χ0n) is 11.3. The van der Waals surface area contributed by atoms with Gasteiger partial charge in [-0.05, 0) is 36.8 Å². The third kappa shape index (κ3) is 2.60. The lowest BCUT2D eigenvalue weighted by molar-refractivity contribution is 0.470. The van der Waals surface area contributed by atoms with Crippen LogP contribution in [0.25, 0.3) is 0 Å². The van der Waals surface area contributed by atoms with Crippen molar-refractivity contribution in [3.05, 3.63) is 46.3 Å². The van der Waals surface area contributed by atoms with Gasteiger partial charge in [0.1, 0.15) is 5.82 Å². The van der Waals surface area contributed by atoms with Gasteiger partial charge in [0.25, 0.3) is 0 Å². The molecule has 0 nitrogen and oxygen atoms in total. The Bertz CT molecular complexity index is 473. The minimum atomic E-state index is -1.08. The lowest BCUT2D eigenvalue weighted by Crippen LogP contribution is -2.09. The van der Waals surface area contributed by atoms with Crippen molar-refractivity contribution in [2.45, 2.75) is 40.5 Å². The molecule has 0 fully saturated rings. The smallest absolute Gasteiger partial charge is 0.165 e. The molecule has 100 valence electrons. The average molecular weight is 256 g/mol. The summed E-state index contributed by atoms with van der Waals surface area (Å²) < 4.78 is 41.7. The normalized spacial score (nSPS) is 11.1. The molecular weight excluding hydrogens is 237 g/mol. The van der Waals surface area contributed by atoms with Crippen LogP contribution in [-0.4, -0.2) is 0 Å². The van der Waals surface area contributed by atoms with Crippen molar-refractivity contribution in [2.75, 3.05) is 0 Å². The molecule has 0 amide bonds. The van der Waals surface area contributed by atoms with E-state index in [4.69, 9.17) is 0 Å². The molecule has 0 atom stereocenters. The Morgan fingerprint density at radius 2 is 1.61 bits per heavy atom. The summed E-state index contributed by atoms with van der Waals surface area (Å²) >= 11 is 0. The van der Waals surface area contributed by atoms with Crippen LogP contribution in [0.5, 0.6) is 0 Å². The molecule has 0 N–H and O–H groups in total. The highest BCUT2D eigenvalue weighted by molar-refractivity contribution is 5.37. The number of benzene rings is 1. The number of rotatable bonds is 4. The number of halogens is 3. The zero-order chi connectivity index (χ0) is 14.0. The Balaban J connectivity index is 3.36. The van der Waals surface area contributed by atoms with Crippen molar-refractivity contribution < 1.29 is 13.2 Å². The highest BCUT2D eigenvalue weighted by Gasteiger charge is 2.22. The first-order chi connectivity index (χ1) is 8.31. The summed E-state index contributed by atoms with van der Waals surface area (Å²) in [6.45, 7) is 10.7. The van der Waals surface area contributed by atoms with Gasteiger partial charge >= 0.3 is 0 Å². The summed E-state index contributed by atoms with van der Waals surface area (Å²) in [5.74, 6) is -2.54. The summed E-state index contributed by atoms with van der Waals surface area (Å²) in [7, 11) is 0. The van der Waals surface area contributed by atoms with Crippen LogP contribution in [0, 0.1) is 30.3 Å². The predicted octanol–water partition coefficient (Wildman–Crippen LogP) is 4.73. The minimum Gasteiger partial charge on any atom is -0.206 e. The maximum absolute atomic E-state index is 14.2. The van der Waals surface area contributed by atoms with Crippen LogP contribution < -0.4 is 0 Å². The van der Waals surface area contributed by atoms with Crippen LogP contribution in [0.3, 0.4) is 0 Å². The number of hydrogen-bond donors (Lipinski definition) is 0. The molecule has 0 unspecified atom stereocenters. The fourth-order valence-electron chi connectivity index (χ4n) is 1.88. The van der Waals surface area contributed by atoms with Crippen molar-refractivity contribution in [3.63, 3.8) is 0 Å². The lowest BCUT2D eigenvalue weighted by Gasteiger charge is -2.15. The zero-order valence-corrected chi connectivity index (χ0v) is 11.3. The van der Waals surface area contributed by atoms with E-state index in [2.05, 4.69) is 6.58 Å². The van der Waals surface area contributed by atoms with Gasteiger partial charge in [-0.25, -0.2) is 13.2 Å². The SMILES string of the molecule is C=C(Cc1c(F)c(F)c(C)c(CC)c1F)C(C)C. The van der Waals surface area contributed by atoms with Gasteiger partial charge in [-0.15, -0.1) is 0 Å². The predicted molar refractivity (Wildman–Crippen MR) is 68.1 cm³/mol. The monoisotopic (exact) mass is 256 g/mol. The molecule has 0 saturated heterocycles. The fourth-order valence-corrected chi connectivity index (χ4v) is 1.88. The van der Waals surface area contributed by atoms with E-state index in [-0.39, 0.29) is 29.0 Å². The van der Waals surface area contributed by atoms with Crippen LogP contribution in [0.15, 0.2) is 12.2 Å². The summed E-state index contributed by atoms with van der Waals surface area (Å²) in [5, 5.41) is 0. The van der Waals surface area contributed by atoms with Gasteiger partial charge in [-0.3, -0.25) is 0 Å². The van der Waals surface area contributed by atoms with Gasteiger partial charge in [0.05, 0.1) is 0 Å². The van der Waals surface area contributed by atoms with E-state index in [1.54, 1.807) is 6.92 Å². The van der Waals surface area contributed by atoms with E-state index < -0.39 is 17.5 Å². The first-order valence-electron chi connectivity index (χ1n) is 6.13. The Labute approximate surface area is 107 Å². The van der Waals surface area contributed by atoms with Gasteiger partial charge in [-0.2, -0.15) is 0 Å². The molecule has 0 aromatic heterocycles. The molecule has 0 aliphatic rings. The molecule has 0 aliphatic carbocycles. The molecule has 0 spiro atoms. The second-order valence-corrected chi connectivity index (χ2v) is 4.87. The van der Waals surface area contributed by atoms with E-state index in [0.29, 0.717) is 12.0 Å². The second-order valence-electron chi connectivity index (χ2n) is 4.87. The molecule has 1 rings (SSSR count). The van der Waals surface area contributed by atoms with Crippen LogP contribution in [0.2, 0.25) is 0 Å². The first-order valence-corrected chi connectivity index (χ1v) is 6.13. The van der Waals surface area contributed by atoms with Gasteiger partial charge in [0, 0.05) is 5.56 Å². The summed E-state index contributed by atoms with van der Waals surface area (Å²) in [6, 6.07) is 0. The molecule has 18 heavy (non-hydrogen) atoms. The standard InChI is InChI=1S/C15H19F3/c1-6-11-10(5)13(16)15(18)12(14(11)17)7-9(4)8(2)3/h8H,4,6-7H2,1-3,5H3. The summed E-state index contributed by atoms with van der Waals surface area (Å²) in [6.07, 6.45) is 0.384. The Kier molecular flexibility index (Phi) is 4.60. The quantitative estimate of drug-likeness (QED) is 0.539. The fraction of sp³-hybridized carbons (Fsp3) is 0.467. The van der Waals surface area contributed by atoms with Crippen LogP contribution in [0.4, 0.5) is 13.2 Å². The third-order valence-corrected chi connectivity index (χ3v) is 3.34. The maximum atomic E-state index is 14.2. The van der Waals surface area contributed by atoms with Crippen molar-refractivity contribution in [2.24, 2.45) is 5.92 Å². The van der Waals surface area contributed by atoms with E-state index in [0.717, 1.165) is 0 Å². The highest BCUT2D eigenvalue weighted by atomic mass is 19.2. The lowest BCUT2D eigenvalue weighted by atomic mass is 9.93. The van der Waals surface area contributed by atoms with Gasteiger partial charge < -0.3 is 0 Å². The van der Waals surface area contributed by atoms with Crippen LogP contribution >= 0.6 is 0 Å². The third-order valence-electron chi connectivity index (χ3n) is 3.34. The van der Waals surface area contributed by atoms with Gasteiger partial charge in [-0.1, -0.05) is 32.9 Å². The molecule has 0 saturated carbocycles. The van der Waals surface area contributed by atoms with E-state index in [9.17, 15) is 13.2 Å². The van der Waals surface area contributed by atoms with Crippen molar-refractivity contribution in [3.8, 4) is 0 Å². The van der Waals surface area contributed by atoms with Crippen molar-refractivity contribution in [1.29, 1.82) is 0 Å². The van der Waals surface area contributed by atoms with Crippen molar-refractivity contribution in [1.82, 2.24) is 0 Å². The Morgan fingerprint density at radius 3 is 2.06 bits per heavy atom. The molecule has 3 heteroatoms. The van der Waals surface area contributed by atoms with Gasteiger partial charge in [0.2, 0.25) is 0 Å². The molecular formula is C15H19F3. The topological polar surface area (TPSA) is 0 Å². The Morgan fingerprint density at radius 1 is 1.06 bits per heavy atom. The van der Waals surface area contributed by atoms with E-state index in [1.165, 1.54) is 6.92 Å². The van der Waals surface area contributed by atoms with Crippen LogP contribution in [0.1, 0.15) is 37.5 Å². The molecule has 0 radical (unpaired) electrons. The first kappa shape index (κ1) is 14.8. The number of hydrogen-bond acceptors (Lipinski definition) is 0. The molecule has 0 aliphatic heterocycles. The summed E-state index contributed by atoms with van der Waals surface area (Å²) in [5.41, 5.74) is 0.804. The molecule has 0 bridgehead atoms. The minimum absolute atomic E-state index is 0.0412. The van der Waals surface area contributed by atoms with Crippen molar-refractivity contribution >= 4 is 0 Å². The Hall–Kier alpha value is -1.25. The second kappa shape index (κ2) is 5.59. The highest BCUT2D eigenvalue weighted by Crippen LogP contribution is 2.28. The average Bonchev–Trinajstić information content (AvgIpc) is 2.32. The van der Waals surface area contributed by atoms with E-state index >= 15 is 0 Å². The molecule has 1 aromatic carbocycles. The van der Waals surface area contributed by atoms with Crippen LogP contribution in [-0.2, 0) is 12.8 Å². The number of allylic oxidation sites excluding steroid dienone is 1. The van der Waals surface area contributed by atoms with E-state index in [1.807, 2.05) is 13.8 Å². The summed E-state index contributed by atoms with van der Waals surface area (Å²) in [4.78, 5) is 0.